The summed E-state index contributed by atoms with van der Waals surface area (Å²) in [5.74, 6) is -0.0720. The molecular formula is C12H10O3. The van der Waals surface area contributed by atoms with Crippen molar-refractivity contribution in [1.29, 1.82) is 0 Å². The fourth-order valence-corrected chi connectivity index (χ4v) is 1.40. The minimum absolute atomic E-state index is 0.291. The highest BCUT2D eigenvalue weighted by atomic mass is 16.4. The van der Waals surface area contributed by atoms with Crippen LogP contribution in [-0.4, -0.2) is 11.1 Å². The van der Waals surface area contributed by atoms with Gasteiger partial charge in [-0.25, -0.2) is 4.79 Å². The second kappa shape index (κ2) is 3.61. The molecule has 2 rings (SSSR count). The number of aromatic carboxylic acids is 1. The Labute approximate surface area is 87.0 Å². The highest BCUT2D eigenvalue weighted by Gasteiger charge is 2.04. The largest absolute Gasteiger partial charge is 0.478 e. The zero-order chi connectivity index (χ0) is 10.8. The Balaban J connectivity index is 2.35. The Kier molecular flexibility index (Phi) is 2.29. The number of hydrogen-bond donors (Lipinski definition) is 1. The van der Waals surface area contributed by atoms with Crippen LogP contribution >= 0.6 is 0 Å². The van der Waals surface area contributed by atoms with Crippen molar-refractivity contribution >= 4 is 5.97 Å². The molecule has 0 aliphatic rings. The van der Waals surface area contributed by atoms with Crippen molar-refractivity contribution in [2.24, 2.45) is 0 Å². The monoisotopic (exact) mass is 202 g/mol. The van der Waals surface area contributed by atoms with Crippen molar-refractivity contribution in [3.8, 4) is 11.1 Å². The number of carboxylic acids is 1. The summed E-state index contributed by atoms with van der Waals surface area (Å²) < 4.78 is 5.18. The first-order chi connectivity index (χ1) is 7.16. The van der Waals surface area contributed by atoms with Gasteiger partial charge in [0.05, 0.1) is 11.8 Å². The number of benzene rings is 1. The highest BCUT2D eigenvalue weighted by molar-refractivity contribution is 5.88. The molecule has 0 spiro atoms. The molecule has 76 valence electrons. The fourth-order valence-electron chi connectivity index (χ4n) is 1.40. The second-order valence-electron chi connectivity index (χ2n) is 3.33. The van der Waals surface area contributed by atoms with Crippen LogP contribution in [0.1, 0.15) is 16.1 Å². The Morgan fingerprint density at radius 2 is 1.87 bits per heavy atom. The first kappa shape index (κ1) is 9.52. The SMILES string of the molecule is Cc1cc(-c2ccc(C(=O)O)cc2)co1. The van der Waals surface area contributed by atoms with Crippen molar-refractivity contribution in [3.63, 3.8) is 0 Å². The molecule has 3 heteroatoms. The van der Waals surface area contributed by atoms with E-state index in [1.807, 2.05) is 13.0 Å². The molecule has 0 aliphatic carbocycles. The van der Waals surface area contributed by atoms with Crippen molar-refractivity contribution in [3.05, 3.63) is 47.9 Å². The lowest BCUT2D eigenvalue weighted by atomic mass is 10.1. The minimum Gasteiger partial charge on any atom is -0.478 e. The second-order valence-corrected chi connectivity index (χ2v) is 3.33. The quantitative estimate of drug-likeness (QED) is 0.814. The molecular weight excluding hydrogens is 192 g/mol. The highest BCUT2D eigenvalue weighted by Crippen LogP contribution is 2.22. The van der Waals surface area contributed by atoms with E-state index in [1.165, 1.54) is 0 Å². The summed E-state index contributed by atoms with van der Waals surface area (Å²) in [6.45, 7) is 1.87. The third-order valence-corrected chi connectivity index (χ3v) is 2.20. The topological polar surface area (TPSA) is 50.4 Å². The predicted molar refractivity (Wildman–Crippen MR) is 55.8 cm³/mol. The molecule has 0 aliphatic heterocycles. The molecule has 1 heterocycles. The van der Waals surface area contributed by atoms with Crippen LogP contribution in [0.5, 0.6) is 0 Å². The Morgan fingerprint density at radius 1 is 1.20 bits per heavy atom. The summed E-state index contributed by atoms with van der Waals surface area (Å²) in [4.78, 5) is 10.6. The number of carbonyl (C=O) groups is 1. The molecule has 0 radical (unpaired) electrons. The minimum atomic E-state index is -0.912. The van der Waals surface area contributed by atoms with Gasteiger partial charge in [0.2, 0.25) is 0 Å². The van der Waals surface area contributed by atoms with E-state index in [4.69, 9.17) is 9.52 Å². The zero-order valence-corrected chi connectivity index (χ0v) is 8.23. The molecule has 0 fully saturated rings. The van der Waals surface area contributed by atoms with Crippen LogP contribution in [0.15, 0.2) is 41.0 Å². The van der Waals surface area contributed by atoms with Crippen LogP contribution in [0, 0.1) is 6.92 Å². The van der Waals surface area contributed by atoms with Gasteiger partial charge in [-0.3, -0.25) is 0 Å². The first-order valence-electron chi connectivity index (χ1n) is 4.55. The Bertz CT molecular complexity index is 480. The molecule has 0 amide bonds. The fraction of sp³-hybridized carbons (Fsp3) is 0.0833. The maximum Gasteiger partial charge on any atom is 0.335 e. The smallest absolute Gasteiger partial charge is 0.335 e. The summed E-state index contributed by atoms with van der Waals surface area (Å²) in [7, 11) is 0. The Hall–Kier alpha value is -2.03. The van der Waals surface area contributed by atoms with Crippen molar-refractivity contribution in [2.75, 3.05) is 0 Å². The molecule has 15 heavy (non-hydrogen) atoms. The van der Waals surface area contributed by atoms with Gasteiger partial charge >= 0.3 is 5.97 Å². The lowest BCUT2D eigenvalue weighted by molar-refractivity contribution is 0.0697. The molecule has 0 bridgehead atoms. The number of rotatable bonds is 2. The standard InChI is InChI=1S/C12H10O3/c1-8-6-11(7-15-8)9-2-4-10(5-3-9)12(13)14/h2-7H,1H3,(H,13,14). The lowest BCUT2D eigenvalue weighted by Gasteiger charge is -1.97. The van der Waals surface area contributed by atoms with E-state index < -0.39 is 5.97 Å². The number of aryl methyl sites for hydroxylation is 1. The van der Waals surface area contributed by atoms with Crippen LogP contribution in [0.4, 0.5) is 0 Å². The van der Waals surface area contributed by atoms with Crippen LogP contribution < -0.4 is 0 Å². The number of hydrogen-bond acceptors (Lipinski definition) is 2. The summed E-state index contributed by atoms with van der Waals surface area (Å²) in [5.41, 5.74) is 2.21. The van der Waals surface area contributed by atoms with Gasteiger partial charge in [-0.05, 0) is 30.7 Å². The molecule has 0 unspecified atom stereocenters. The molecule has 0 saturated carbocycles. The third kappa shape index (κ3) is 1.91. The van der Waals surface area contributed by atoms with E-state index in [9.17, 15) is 4.79 Å². The average Bonchev–Trinajstić information content (AvgIpc) is 2.65. The molecule has 2 aromatic rings. The van der Waals surface area contributed by atoms with Crippen molar-refractivity contribution < 1.29 is 14.3 Å². The molecule has 1 N–H and O–H groups in total. The number of furan rings is 1. The molecule has 3 nitrogen and oxygen atoms in total. The van der Waals surface area contributed by atoms with E-state index >= 15 is 0 Å². The van der Waals surface area contributed by atoms with Gasteiger partial charge < -0.3 is 9.52 Å². The summed E-state index contributed by atoms with van der Waals surface area (Å²) in [6, 6.07) is 8.62. The lowest BCUT2D eigenvalue weighted by Crippen LogP contribution is -1.94. The van der Waals surface area contributed by atoms with Crippen LogP contribution in [0.25, 0.3) is 11.1 Å². The predicted octanol–water partition coefficient (Wildman–Crippen LogP) is 2.95. The van der Waals surface area contributed by atoms with Gasteiger partial charge in [-0.2, -0.15) is 0 Å². The maximum atomic E-state index is 10.6. The summed E-state index contributed by atoms with van der Waals surface area (Å²) in [6.07, 6.45) is 1.66. The van der Waals surface area contributed by atoms with Gasteiger partial charge in [-0.1, -0.05) is 12.1 Å². The summed E-state index contributed by atoms with van der Waals surface area (Å²) >= 11 is 0. The van der Waals surface area contributed by atoms with Gasteiger partial charge in [0, 0.05) is 5.56 Å². The van der Waals surface area contributed by atoms with E-state index in [0.29, 0.717) is 5.56 Å². The first-order valence-corrected chi connectivity index (χ1v) is 4.55. The van der Waals surface area contributed by atoms with Crippen molar-refractivity contribution in [2.45, 2.75) is 6.92 Å². The molecule has 0 atom stereocenters. The Morgan fingerprint density at radius 3 is 2.33 bits per heavy atom. The van der Waals surface area contributed by atoms with E-state index in [1.54, 1.807) is 30.5 Å². The van der Waals surface area contributed by atoms with E-state index in [0.717, 1.165) is 16.9 Å². The maximum absolute atomic E-state index is 10.6. The molecule has 1 aromatic carbocycles. The van der Waals surface area contributed by atoms with E-state index in [2.05, 4.69) is 0 Å². The van der Waals surface area contributed by atoms with E-state index in [-0.39, 0.29) is 0 Å². The normalized spacial score (nSPS) is 10.2. The van der Waals surface area contributed by atoms with Crippen molar-refractivity contribution in [1.82, 2.24) is 0 Å². The average molecular weight is 202 g/mol. The zero-order valence-electron chi connectivity index (χ0n) is 8.23. The van der Waals surface area contributed by atoms with Gasteiger partial charge in [0.1, 0.15) is 5.76 Å². The van der Waals surface area contributed by atoms with Crippen LogP contribution in [0.2, 0.25) is 0 Å². The van der Waals surface area contributed by atoms with Gasteiger partial charge in [0.15, 0.2) is 0 Å². The van der Waals surface area contributed by atoms with Gasteiger partial charge in [-0.15, -0.1) is 0 Å². The van der Waals surface area contributed by atoms with Crippen LogP contribution in [-0.2, 0) is 0 Å². The molecule has 1 aromatic heterocycles. The summed E-state index contributed by atoms with van der Waals surface area (Å²) in [5, 5.41) is 8.73. The van der Waals surface area contributed by atoms with Gasteiger partial charge in [0.25, 0.3) is 0 Å². The number of carboxylic acid groups (broad SMARTS) is 1. The molecule has 0 saturated heterocycles. The third-order valence-electron chi connectivity index (χ3n) is 2.20. The van der Waals surface area contributed by atoms with Crippen LogP contribution in [0.3, 0.4) is 0 Å².